The second-order valence-electron chi connectivity index (χ2n) is 4.80. The average Bonchev–Trinajstić information content (AvgIpc) is 2.97. The molecule has 1 aromatic heterocycles. The first-order valence-corrected chi connectivity index (χ1v) is 9.82. The minimum absolute atomic E-state index is 0.0407. The predicted molar refractivity (Wildman–Crippen MR) is 83.3 cm³/mol. The average molecular weight is 333 g/mol. The summed E-state index contributed by atoms with van der Waals surface area (Å²) in [6.07, 6.45) is 6.91. The highest BCUT2D eigenvalue weighted by Crippen LogP contribution is 2.16. The van der Waals surface area contributed by atoms with Crippen LogP contribution in [0.3, 0.4) is 0 Å². The molecule has 0 bridgehead atoms. The van der Waals surface area contributed by atoms with Crippen molar-refractivity contribution >= 4 is 27.1 Å². The molecule has 0 saturated heterocycles. The maximum Gasteiger partial charge on any atom is 0.282 e. The van der Waals surface area contributed by atoms with Gasteiger partial charge in [0.15, 0.2) is 0 Å². The highest BCUT2D eigenvalue weighted by atomic mass is 32.2. The SMILES string of the molecule is CCCCCCCCNC(=O)c1nnc(S(=O)(=O)CC)s1. The summed E-state index contributed by atoms with van der Waals surface area (Å²) in [5.74, 6) is -0.389. The number of rotatable bonds is 10. The van der Waals surface area contributed by atoms with Gasteiger partial charge >= 0.3 is 0 Å². The number of nitrogens with one attached hydrogen (secondary N) is 1. The Hall–Kier alpha value is -1.02. The number of sulfone groups is 1. The van der Waals surface area contributed by atoms with E-state index in [0.29, 0.717) is 6.54 Å². The number of carbonyl (C=O) groups excluding carboxylic acids is 1. The van der Waals surface area contributed by atoms with Crippen LogP contribution in [0.5, 0.6) is 0 Å². The van der Waals surface area contributed by atoms with Gasteiger partial charge in [-0.2, -0.15) is 0 Å². The largest absolute Gasteiger partial charge is 0.350 e. The van der Waals surface area contributed by atoms with Crippen LogP contribution in [-0.4, -0.2) is 36.8 Å². The van der Waals surface area contributed by atoms with Gasteiger partial charge < -0.3 is 5.32 Å². The van der Waals surface area contributed by atoms with E-state index < -0.39 is 9.84 Å². The molecule has 1 N–H and O–H groups in total. The molecule has 120 valence electrons. The molecule has 1 amide bonds. The third-order valence-electron chi connectivity index (χ3n) is 3.06. The second kappa shape index (κ2) is 9.09. The lowest BCUT2D eigenvalue weighted by Gasteiger charge is -2.02. The molecule has 1 aromatic rings. The lowest BCUT2D eigenvalue weighted by Crippen LogP contribution is -2.24. The zero-order valence-corrected chi connectivity index (χ0v) is 14.2. The van der Waals surface area contributed by atoms with Crippen LogP contribution < -0.4 is 5.32 Å². The summed E-state index contributed by atoms with van der Waals surface area (Å²) in [6, 6.07) is 0. The van der Waals surface area contributed by atoms with Gasteiger partial charge in [-0.05, 0) is 6.42 Å². The van der Waals surface area contributed by atoms with Crippen molar-refractivity contribution in [2.75, 3.05) is 12.3 Å². The lowest BCUT2D eigenvalue weighted by molar-refractivity contribution is 0.0952. The minimum Gasteiger partial charge on any atom is -0.350 e. The first-order chi connectivity index (χ1) is 10.0. The smallest absolute Gasteiger partial charge is 0.282 e. The molecule has 0 aliphatic rings. The highest BCUT2D eigenvalue weighted by Gasteiger charge is 2.20. The van der Waals surface area contributed by atoms with Crippen LogP contribution in [0.2, 0.25) is 0 Å². The van der Waals surface area contributed by atoms with Crippen LogP contribution in [0.1, 0.15) is 62.2 Å². The zero-order chi connectivity index (χ0) is 15.7. The quantitative estimate of drug-likeness (QED) is 0.664. The van der Waals surface area contributed by atoms with E-state index in [1.807, 2.05) is 0 Å². The van der Waals surface area contributed by atoms with Gasteiger partial charge in [-0.25, -0.2) is 8.42 Å². The van der Waals surface area contributed by atoms with Gasteiger partial charge in [0.1, 0.15) is 0 Å². The Kier molecular flexibility index (Phi) is 7.81. The van der Waals surface area contributed by atoms with Crippen LogP contribution in [0.25, 0.3) is 0 Å². The fourth-order valence-electron chi connectivity index (χ4n) is 1.73. The summed E-state index contributed by atoms with van der Waals surface area (Å²) in [5.41, 5.74) is 0. The summed E-state index contributed by atoms with van der Waals surface area (Å²) < 4.78 is 23.1. The fourth-order valence-corrected chi connectivity index (χ4v) is 3.74. The second-order valence-corrected chi connectivity index (χ2v) is 8.23. The molecule has 0 saturated carbocycles. The third kappa shape index (κ3) is 6.09. The van der Waals surface area contributed by atoms with Crippen LogP contribution >= 0.6 is 11.3 Å². The van der Waals surface area contributed by atoms with E-state index in [2.05, 4.69) is 22.4 Å². The van der Waals surface area contributed by atoms with Gasteiger partial charge in [0.2, 0.25) is 19.2 Å². The molecule has 21 heavy (non-hydrogen) atoms. The van der Waals surface area contributed by atoms with Crippen molar-refractivity contribution in [1.29, 1.82) is 0 Å². The Morgan fingerprint density at radius 2 is 1.76 bits per heavy atom. The molecule has 0 spiro atoms. The summed E-state index contributed by atoms with van der Waals surface area (Å²) >= 11 is 0.825. The molecule has 8 heteroatoms. The standard InChI is InChI=1S/C13H23N3O3S2/c1-3-5-6-7-8-9-10-14-11(17)12-15-16-13(20-12)21(18,19)4-2/h3-10H2,1-2H3,(H,14,17). The number of unbranched alkanes of at least 4 members (excludes halogenated alkanes) is 5. The van der Waals surface area contributed by atoms with Crippen molar-refractivity contribution in [3.63, 3.8) is 0 Å². The van der Waals surface area contributed by atoms with E-state index in [4.69, 9.17) is 0 Å². The monoisotopic (exact) mass is 333 g/mol. The van der Waals surface area contributed by atoms with E-state index in [-0.39, 0.29) is 21.0 Å². The fraction of sp³-hybridized carbons (Fsp3) is 0.769. The zero-order valence-electron chi connectivity index (χ0n) is 12.6. The van der Waals surface area contributed by atoms with Gasteiger partial charge in [0.25, 0.3) is 5.91 Å². The molecule has 0 fully saturated rings. The number of amides is 1. The number of nitrogens with zero attached hydrogens (tertiary/aromatic N) is 2. The van der Waals surface area contributed by atoms with E-state index in [0.717, 1.165) is 24.2 Å². The number of carbonyl (C=O) groups is 1. The van der Waals surface area contributed by atoms with E-state index >= 15 is 0 Å². The van der Waals surface area contributed by atoms with Crippen molar-refractivity contribution in [2.24, 2.45) is 0 Å². The van der Waals surface area contributed by atoms with Crippen LogP contribution in [0.4, 0.5) is 0 Å². The van der Waals surface area contributed by atoms with E-state index in [1.54, 1.807) is 0 Å². The summed E-state index contributed by atoms with van der Waals surface area (Å²) in [5, 5.41) is 10.1. The highest BCUT2D eigenvalue weighted by molar-refractivity contribution is 7.93. The van der Waals surface area contributed by atoms with Gasteiger partial charge in [-0.1, -0.05) is 57.3 Å². The maximum absolute atomic E-state index is 11.8. The summed E-state index contributed by atoms with van der Waals surface area (Å²) in [6.45, 7) is 4.30. The van der Waals surface area contributed by atoms with Gasteiger partial charge in [-0.3, -0.25) is 4.79 Å². The molecule has 1 rings (SSSR count). The molecule has 0 radical (unpaired) electrons. The molecular weight excluding hydrogens is 310 g/mol. The number of hydrogen-bond acceptors (Lipinski definition) is 6. The van der Waals surface area contributed by atoms with E-state index in [9.17, 15) is 13.2 Å². The van der Waals surface area contributed by atoms with Crippen LogP contribution in [0, 0.1) is 0 Å². The first-order valence-electron chi connectivity index (χ1n) is 7.35. The Morgan fingerprint density at radius 3 is 2.43 bits per heavy atom. The Balaban J connectivity index is 2.33. The normalized spacial score (nSPS) is 11.5. The summed E-state index contributed by atoms with van der Waals surface area (Å²) in [7, 11) is -3.38. The van der Waals surface area contributed by atoms with E-state index in [1.165, 1.54) is 32.6 Å². The summed E-state index contributed by atoms with van der Waals surface area (Å²) in [4.78, 5) is 11.8. The van der Waals surface area contributed by atoms with Crippen LogP contribution in [0.15, 0.2) is 4.34 Å². The molecule has 0 aliphatic carbocycles. The van der Waals surface area contributed by atoms with Crippen LogP contribution in [-0.2, 0) is 9.84 Å². The third-order valence-corrected chi connectivity index (χ3v) is 6.16. The first kappa shape index (κ1) is 18.0. The Labute approximate surface area is 130 Å². The minimum atomic E-state index is -3.38. The number of aromatic nitrogens is 2. The molecule has 0 aromatic carbocycles. The predicted octanol–water partition coefficient (Wildman–Crippen LogP) is 2.42. The van der Waals surface area contributed by atoms with Gasteiger partial charge in [0.05, 0.1) is 5.75 Å². The Bertz CT molecular complexity index is 541. The maximum atomic E-state index is 11.8. The van der Waals surface area contributed by atoms with Gasteiger partial charge in [0, 0.05) is 6.54 Å². The van der Waals surface area contributed by atoms with Crippen molar-refractivity contribution in [3.05, 3.63) is 5.01 Å². The molecule has 6 nitrogen and oxygen atoms in total. The molecule has 0 atom stereocenters. The molecule has 0 aliphatic heterocycles. The van der Waals surface area contributed by atoms with Gasteiger partial charge in [-0.15, -0.1) is 10.2 Å². The molecular formula is C13H23N3O3S2. The topological polar surface area (TPSA) is 89.0 Å². The molecule has 0 unspecified atom stereocenters. The van der Waals surface area contributed by atoms with Crippen molar-refractivity contribution in [3.8, 4) is 0 Å². The van der Waals surface area contributed by atoms with Crippen molar-refractivity contribution in [1.82, 2.24) is 15.5 Å². The van der Waals surface area contributed by atoms with Crippen molar-refractivity contribution in [2.45, 2.75) is 56.7 Å². The Morgan fingerprint density at radius 1 is 1.10 bits per heavy atom. The molecule has 1 heterocycles. The number of hydrogen-bond donors (Lipinski definition) is 1. The lowest BCUT2D eigenvalue weighted by atomic mass is 10.1. The van der Waals surface area contributed by atoms with Crippen molar-refractivity contribution < 1.29 is 13.2 Å².